The Hall–Kier alpha value is -3.35. The summed E-state index contributed by atoms with van der Waals surface area (Å²) in [4.78, 5) is 29.3. The molecule has 2 heterocycles. The summed E-state index contributed by atoms with van der Waals surface area (Å²) in [6.45, 7) is 14.0. The maximum Gasteiger partial charge on any atom is 0.225 e. The number of rotatable bonds is 13. The van der Waals surface area contributed by atoms with E-state index in [-0.39, 0.29) is 16.7 Å². The molecule has 1 aliphatic rings. The van der Waals surface area contributed by atoms with Crippen LogP contribution in [0.2, 0.25) is 0 Å². The molecule has 2 N–H and O–H groups in total. The number of imidazole rings is 1. The Morgan fingerprint density at radius 2 is 1.82 bits per heavy atom. The van der Waals surface area contributed by atoms with E-state index in [1.165, 1.54) is 0 Å². The predicted octanol–water partition coefficient (Wildman–Crippen LogP) is 7.26. The minimum Gasteiger partial charge on any atom is -0.412 e. The fraction of sp³-hybridized carbons (Fsp3) is 0.545. The molecule has 0 saturated carbocycles. The summed E-state index contributed by atoms with van der Waals surface area (Å²) in [6, 6.07) is 10.1. The van der Waals surface area contributed by atoms with E-state index in [4.69, 9.17) is 14.8 Å². The average molecular weight is 546 g/mol. The molecule has 216 valence electrons. The molecule has 3 aromatic rings. The maximum absolute atomic E-state index is 12.8. The number of benzene rings is 1. The van der Waals surface area contributed by atoms with Gasteiger partial charge >= 0.3 is 0 Å². The van der Waals surface area contributed by atoms with Crippen molar-refractivity contribution in [2.45, 2.75) is 92.9 Å². The number of aromatic nitrogens is 3. The van der Waals surface area contributed by atoms with E-state index in [1.54, 1.807) is 0 Å². The summed E-state index contributed by atoms with van der Waals surface area (Å²) in [7, 11) is 0. The van der Waals surface area contributed by atoms with Crippen LogP contribution in [0.15, 0.2) is 36.4 Å². The second-order valence-electron chi connectivity index (χ2n) is 12.8. The molecule has 4 rings (SSSR count). The Morgan fingerprint density at radius 3 is 2.55 bits per heavy atom. The van der Waals surface area contributed by atoms with Gasteiger partial charge in [0.1, 0.15) is 23.5 Å². The summed E-state index contributed by atoms with van der Waals surface area (Å²) in [5.41, 5.74) is 4.71. The molecule has 1 aromatic carbocycles. The molecule has 0 unspecified atom stereocenters. The quantitative estimate of drug-likeness (QED) is 0.221. The number of anilines is 2. The fourth-order valence-electron chi connectivity index (χ4n) is 5.63. The zero-order chi connectivity index (χ0) is 28.8. The highest BCUT2D eigenvalue weighted by molar-refractivity contribution is 5.95. The van der Waals surface area contributed by atoms with Crippen molar-refractivity contribution in [3.8, 4) is 0 Å². The number of unbranched alkanes of at least 4 members (excludes halogenated alkanes) is 2. The van der Waals surface area contributed by atoms with Crippen molar-refractivity contribution in [3.05, 3.63) is 53.5 Å². The van der Waals surface area contributed by atoms with E-state index in [2.05, 4.69) is 50.5 Å². The molecule has 0 spiro atoms. The second-order valence-corrected chi connectivity index (χ2v) is 12.8. The number of hydrogen-bond donors (Lipinski definition) is 2. The van der Waals surface area contributed by atoms with E-state index < -0.39 is 0 Å². The van der Waals surface area contributed by atoms with Crippen molar-refractivity contribution in [3.63, 3.8) is 0 Å². The number of fused-ring (bicyclic) bond motifs is 3. The highest BCUT2D eigenvalue weighted by Crippen LogP contribution is 2.34. The third kappa shape index (κ3) is 7.43. The van der Waals surface area contributed by atoms with Gasteiger partial charge in [0.2, 0.25) is 5.91 Å². The topological polar surface area (TPSA) is 81.1 Å². The highest BCUT2D eigenvalue weighted by atomic mass is 16.7. The van der Waals surface area contributed by atoms with E-state index in [0.717, 1.165) is 91.0 Å². The summed E-state index contributed by atoms with van der Waals surface area (Å²) in [5.74, 6) is 1.82. The minimum absolute atomic E-state index is 0.109. The van der Waals surface area contributed by atoms with Crippen LogP contribution in [-0.4, -0.2) is 33.8 Å². The fourth-order valence-corrected chi connectivity index (χ4v) is 5.63. The van der Waals surface area contributed by atoms with Crippen molar-refractivity contribution in [1.82, 2.24) is 20.0 Å². The Labute approximate surface area is 239 Å². The van der Waals surface area contributed by atoms with Crippen molar-refractivity contribution in [2.75, 3.05) is 18.5 Å². The minimum atomic E-state index is -0.384. The molecular weight excluding hydrogens is 498 g/mol. The number of aryl methyl sites for hydroxylation is 2. The molecule has 0 aliphatic heterocycles. The first kappa shape index (κ1) is 29.6. The number of nitrogens with zero attached hydrogens (tertiary/aromatic N) is 3. The molecule has 7 nitrogen and oxygen atoms in total. The Balaban J connectivity index is 1.50. The van der Waals surface area contributed by atoms with Crippen LogP contribution in [0, 0.1) is 10.8 Å². The van der Waals surface area contributed by atoms with Gasteiger partial charge in [0.25, 0.3) is 0 Å². The summed E-state index contributed by atoms with van der Waals surface area (Å²) < 4.78 is 1.96. The zero-order valence-corrected chi connectivity index (χ0v) is 25.3. The number of amides is 1. The molecular formula is C33H47N5O2. The van der Waals surface area contributed by atoms with Gasteiger partial charge in [0.05, 0.1) is 5.69 Å². The number of para-hydroxylation sites is 1. The predicted molar refractivity (Wildman–Crippen MR) is 165 cm³/mol. The van der Waals surface area contributed by atoms with E-state index in [1.807, 2.05) is 48.9 Å². The largest absolute Gasteiger partial charge is 0.412 e. The molecule has 0 radical (unpaired) electrons. The lowest BCUT2D eigenvalue weighted by Gasteiger charge is -2.31. The second kappa shape index (κ2) is 12.9. The Kier molecular flexibility index (Phi) is 9.54. The van der Waals surface area contributed by atoms with Crippen molar-refractivity contribution >= 4 is 34.5 Å². The molecule has 7 heteroatoms. The first-order valence-corrected chi connectivity index (χ1v) is 14.9. The van der Waals surface area contributed by atoms with Crippen LogP contribution in [-0.2, 0) is 17.6 Å². The number of carbonyl (C=O) groups is 1. The van der Waals surface area contributed by atoms with Crippen molar-refractivity contribution < 1.29 is 9.63 Å². The highest BCUT2D eigenvalue weighted by Gasteiger charge is 2.32. The van der Waals surface area contributed by atoms with Crippen LogP contribution in [0.3, 0.4) is 0 Å². The zero-order valence-electron chi connectivity index (χ0n) is 25.3. The monoisotopic (exact) mass is 545 g/mol. The van der Waals surface area contributed by atoms with Crippen molar-refractivity contribution in [2.24, 2.45) is 10.8 Å². The van der Waals surface area contributed by atoms with E-state index in [9.17, 15) is 4.79 Å². The van der Waals surface area contributed by atoms with Crippen LogP contribution < -0.4 is 15.5 Å². The lowest BCUT2D eigenvalue weighted by molar-refractivity contribution is -0.130. The van der Waals surface area contributed by atoms with Crippen LogP contribution in [0.4, 0.5) is 11.5 Å². The average Bonchev–Trinajstić information content (AvgIpc) is 3.27. The molecule has 1 amide bonds. The lowest BCUT2D eigenvalue weighted by Crippen LogP contribution is -2.39. The van der Waals surface area contributed by atoms with Gasteiger partial charge in [0, 0.05) is 29.6 Å². The molecule has 0 saturated heterocycles. The summed E-state index contributed by atoms with van der Waals surface area (Å²) in [5, 5.41) is 6.65. The Bertz CT molecular complexity index is 1320. The smallest absolute Gasteiger partial charge is 0.225 e. The van der Waals surface area contributed by atoms with Gasteiger partial charge in [-0.3, -0.25) is 4.79 Å². The van der Waals surface area contributed by atoms with Crippen LogP contribution in [0.5, 0.6) is 0 Å². The van der Waals surface area contributed by atoms with Gasteiger partial charge in [-0.1, -0.05) is 78.3 Å². The third-order valence-electron chi connectivity index (χ3n) is 7.23. The molecule has 40 heavy (non-hydrogen) atoms. The van der Waals surface area contributed by atoms with E-state index >= 15 is 0 Å². The van der Waals surface area contributed by atoms with Crippen LogP contribution in [0.1, 0.15) is 97.1 Å². The molecule has 0 fully saturated rings. The maximum atomic E-state index is 12.8. The molecule has 1 aliphatic carbocycles. The van der Waals surface area contributed by atoms with Gasteiger partial charge in [-0.05, 0) is 56.1 Å². The lowest BCUT2D eigenvalue weighted by atomic mass is 9.76. The summed E-state index contributed by atoms with van der Waals surface area (Å²) >= 11 is 0. The molecule has 2 aromatic heterocycles. The number of nitrogens with one attached hydrogen (secondary N) is 2. The summed E-state index contributed by atoms with van der Waals surface area (Å²) in [6.07, 6.45) is 11.8. The van der Waals surface area contributed by atoms with Gasteiger partial charge < -0.3 is 15.5 Å². The number of allylic oxidation sites excluding steroid dienone is 1. The molecule has 0 atom stereocenters. The van der Waals surface area contributed by atoms with Crippen LogP contribution >= 0.6 is 0 Å². The SMILES string of the molecule is CCCCc1nc2c(Nc3ccccc3)nc3c(c2n1OCCCCNC(=O)C(C)(C)CC(C)(C)C)C=CCC3. The first-order valence-electron chi connectivity index (χ1n) is 14.9. The molecule has 0 bridgehead atoms. The van der Waals surface area contributed by atoms with Gasteiger partial charge in [-0.15, -0.1) is 0 Å². The van der Waals surface area contributed by atoms with Crippen molar-refractivity contribution in [1.29, 1.82) is 0 Å². The van der Waals surface area contributed by atoms with Gasteiger partial charge in [-0.25, -0.2) is 9.97 Å². The third-order valence-corrected chi connectivity index (χ3v) is 7.23. The first-order chi connectivity index (χ1) is 19.1. The number of carbonyl (C=O) groups excluding carboxylic acids is 1. The van der Waals surface area contributed by atoms with Gasteiger partial charge in [0.15, 0.2) is 5.82 Å². The van der Waals surface area contributed by atoms with E-state index in [0.29, 0.717) is 13.2 Å². The van der Waals surface area contributed by atoms with Gasteiger partial charge in [-0.2, -0.15) is 4.73 Å². The standard InChI is InChI=1S/C33H47N5O2/c1-7-8-20-27-37-28-29(25-18-12-13-19-26(25)36-30(28)35-24-16-10-9-11-17-24)38(27)40-22-15-14-21-34-31(39)33(5,6)23-32(2,3)4/h9-12,16-18H,7-8,13-15,19-23H2,1-6H3,(H,34,39)(H,35,36). The Morgan fingerprint density at radius 1 is 1.05 bits per heavy atom. The normalized spacial score (nSPS) is 13.3. The number of hydrogen-bond acceptors (Lipinski definition) is 5. The van der Waals surface area contributed by atoms with Crippen LogP contribution in [0.25, 0.3) is 17.1 Å². The number of pyridine rings is 1.